The maximum absolute atomic E-state index is 13.3. The molecule has 4 aromatic rings. The van der Waals surface area contributed by atoms with Gasteiger partial charge in [-0.1, -0.05) is 30.3 Å². The summed E-state index contributed by atoms with van der Waals surface area (Å²) in [4.78, 5) is 29.1. The van der Waals surface area contributed by atoms with Gasteiger partial charge in [0.05, 0.1) is 22.6 Å². The molecule has 0 aliphatic carbocycles. The number of hydrogen-bond acceptors (Lipinski definition) is 5. The molecule has 1 atom stereocenters. The standard InChI is InChI=1S/C24H21N3O5S/c1-2-27-20-10-11-21(16-7-5-8-17(22(16)20)23(27)28)33(31,32)26-19(24(29)30)12-14-13-25-18-9-4-3-6-15(14)18/h3-11,13,19,25-26H,2,12H2,1H3,(H,29,30)/p-1/t19-/m0/s1. The number of aromatic nitrogens is 1. The van der Waals surface area contributed by atoms with Gasteiger partial charge < -0.3 is 19.8 Å². The Morgan fingerprint density at radius 2 is 1.85 bits per heavy atom. The van der Waals surface area contributed by atoms with E-state index in [-0.39, 0.29) is 17.2 Å². The zero-order chi connectivity index (χ0) is 23.3. The molecular weight excluding hydrogens is 442 g/mol. The number of H-pyrrole nitrogens is 1. The number of anilines is 1. The Kier molecular flexibility index (Phi) is 4.95. The number of nitrogens with zero attached hydrogens (tertiary/aromatic N) is 1. The van der Waals surface area contributed by atoms with Crippen molar-refractivity contribution in [3.05, 3.63) is 71.9 Å². The summed E-state index contributed by atoms with van der Waals surface area (Å²) in [5.74, 6) is -1.71. The highest BCUT2D eigenvalue weighted by Gasteiger charge is 2.32. The van der Waals surface area contributed by atoms with Gasteiger partial charge in [-0.05, 0) is 43.2 Å². The molecule has 1 amide bonds. The Bertz CT molecular complexity index is 1540. The Balaban J connectivity index is 1.54. The number of rotatable bonds is 7. The van der Waals surface area contributed by atoms with Crippen LogP contribution in [-0.2, 0) is 21.2 Å². The number of carboxylic acid groups (broad SMARTS) is 1. The number of nitrogens with one attached hydrogen (secondary N) is 2. The number of fused-ring (bicyclic) bond motifs is 1. The number of para-hydroxylation sites is 1. The number of amides is 1. The molecule has 3 aromatic carbocycles. The predicted molar refractivity (Wildman–Crippen MR) is 122 cm³/mol. The normalized spacial score (nSPS) is 14.3. The maximum Gasteiger partial charge on any atom is 0.258 e. The summed E-state index contributed by atoms with van der Waals surface area (Å²) in [5.41, 5.74) is 2.55. The lowest BCUT2D eigenvalue weighted by atomic mass is 10.1. The fraction of sp³-hybridized carbons (Fsp3) is 0.167. The Labute approximate surface area is 189 Å². The van der Waals surface area contributed by atoms with E-state index in [1.165, 1.54) is 6.07 Å². The van der Waals surface area contributed by atoms with Crippen molar-refractivity contribution in [2.75, 3.05) is 11.4 Å². The second-order valence-electron chi connectivity index (χ2n) is 7.92. The molecule has 1 aliphatic heterocycles. The van der Waals surface area contributed by atoms with E-state index in [1.807, 2.05) is 31.2 Å². The number of aromatic amines is 1. The summed E-state index contributed by atoms with van der Waals surface area (Å²) < 4.78 is 28.9. The predicted octanol–water partition coefficient (Wildman–Crippen LogP) is 1.94. The first kappa shape index (κ1) is 21.2. The monoisotopic (exact) mass is 462 g/mol. The highest BCUT2D eigenvalue weighted by molar-refractivity contribution is 7.89. The molecule has 0 bridgehead atoms. The Morgan fingerprint density at radius 1 is 1.09 bits per heavy atom. The van der Waals surface area contributed by atoms with Gasteiger partial charge in [0.25, 0.3) is 5.91 Å². The first-order chi connectivity index (χ1) is 15.8. The first-order valence-corrected chi connectivity index (χ1v) is 12.0. The average Bonchev–Trinajstić information content (AvgIpc) is 3.33. The largest absolute Gasteiger partial charge is 0.548 e. The van der Waals surface area contributed by atoms with Crippen molar-refractivity contribution in [2.24, 2.45) is 0 Å². The molecule has 168 valence electrons. The van der Waals surface area contributed by atoms with Gasteiger partial charge in [0, 0.05) is 40.0 Å². The lowest BCUT2D eigenvalue weighted by molar-refractivity contribution is -0.307. The maximum atomic E-state index is 13.3. The van der Waals surface area contributed by atoms with Crippen molar-refractivity contribution >= 4 is 49.3 Å². The lowest BCUT2D eigenvalue weighted by Crippen LogP contribution is -2.49. The van der Waals surface area contributed by atoms with E-state index in [0.29, 0.717) is 34.1 Å². The number of sulfonamides is 1. The molecule has 9 heteroatoms. The van der Waals surface area contributed by atoms with Crippen LogP contribution in [0.2, 0.25) is 0 Å². The fourth-order valence-corrected chi connectivity index (χ4v) is 5.90. The second-order valence-corrected chi connectivity index (χ2v) is 9.60. The number of carboxylic acids is 1. The number of carbonyl (C=O) groups is 2. The molecule has 5 rings (SSSR count). The molecule has 0 spiro atoms. The van der Waals surface area contributed by atoms with Gasteiger partial charge in [0.2, 0.25) is 10.0 Å². The molecule has 1 aromatic heterocycles. The minimum atomic E-state index is -4.25. The molecule has 8 nitrogen and oxygen atoms in total. The van der Waals surface area contributed by atoms with Crippen LogP contribution in [0.5, 0.6) is 0 Å². The van der Waals surface area contributed by atoms with Crippen LogP contribution in [0.1, 0.15) is 22.8 Å². The van der Waals surface area contributed by atoms with E-state index >= 15 is 0 Å². The van der Waals surface area contributed by atoms with Crippen LogP contribution in [0, 0.1) is 0 Å². The zero-order valence-corrected chi connectivity index (χ0v) is 18.5. The summed E-state index contributed by atoms with van der Waals surface area (Å²) in [5, 5.41) is 13.6. The third-order valence-corrected chi connectivity index (χ3v) is 7.56. The second kappa shape index (κ2) is 7.72. The average molecular weight is 463 g/mol. The molecule has 33 heavy (non-hydrogen) atoms. The first-order valence-electron chi connectivity index (χ1n) is 10.5. The van der Waals surface area contributed by atoms with Gasteiger partial charge >= 0.3 is 0 Å². The summed E-state index contributed by atoms with van der Waals surface area (Å²) in [7, 11) is -4.25. The summed E-state index contributed by atoms with van der Waals surface area (Å²) in [6, 6.07) is 13.8. The molecular formula is C24H20N3O5S-. The van der Waals surface area contributed by atoms with Crippen LogP contribution >= 0.6 is 0 Å². The van der Waals surface area contributed by atoms with Crippen molar-refractivity contribution < 1.29 is 23.1 Å². The van der Waals surface area contributed by atoms with Crippen molar-refractivity contribution in [1.82, 2.24) is 9.71 Å². The highest BCUT2D eigenvalue weighted by atomic mass is 32.2. The van der Waals surface area contributed by atoms with Crippen molar-refractivity contribution in [1.29, 1.82) is 0 Å². The van der Waals surface area contributed by atoms with Gasteiger partial charge in [-0.2, -0.15) is 0 Å². The molecule has 1 aliphatic rings. The van der Waals surface area contributed by atoms with Crippen LogP contribution in [0.25, 0.3) is 21.7 Å². The van der Waals surface area contributed by atoms with Crippen LogP contribution in [0.4, 0.5) is 5.69 Å². The molecule has 0 radical (unpaired) electrons. The van der Waals surface area contributed by atoms with Gasteiger partial charge in [-0.25, -0.2) is 13.1 Å². The minimum Gasteiger partial charge on any atom is -0.548 e. The molecule has 2 heterocycles. The van der Waals surface area contributed by atoms with Crippen LogP contribution in [-0.4, -0.2) is 37.9 Å². The van der Waals surface area contributed by atoms with E-state index < -0.39 is 22.0 Å². The van der Waals surface area contributed by atoms with E-state index in [2.05, 4.69) is 9.71 Å². The third-order valence-electron chi connectivity index (χ3n) is 6.03. The van der Waals surface area contributed by atoms with Gasteiger partial charge in [-0.15, -0.1) is 0 Å². The van der Waals surface area contributed by atoms with Gasteiger partial charge in [0.15, 0.2) is 0 Å². The number of carbonyl (C=O) groups excluding carboxylic acids is 2. The summed E-state index contributed by atoms with van der Waals surface area (Å²) in [6.45, 7) is 2.29. The lowest BCUT2D eigenvalue weighted by Gasteiger charge is -2.21. The molecule has 0 unspecified atom stereocenters. The van der Waals surface area contributed by atoms with Crippen molar-refractivity contribution in [2.45, 2.75) is 24.3 Å². The number of hydrogen-bond donors (Lipinski definition) is 2. The molecule has 2 N–H and O–H groups in total. The van der Waals surface area contributed by atoms with Crippen LogP contribution < -0.4 is 14.7 Å². The quantitative estimate of drug-likeness (QED) is 0.435. The highest BCUT2D eigenvalue weighted by Crippen LogP contribution is 2.40. The van der Waals surface area contributed by atoms with E-state index in [4.69, 9.17) is 0 Å². The molecule has 0 fully saturated rings. The Hall–Kier alpha value is -3.69. The van der Waals surface area contributed by atoms with Gasteiger partial charge in [0.1, 0.15) is 0 Å². The number of aliphatic carboxylic acids is 1. The van der Waals surface area contributed by atoms with Crippen molar-refractivity contribution in [3.8, 4) is 0 Å². The smallest absolute Gasteiger partial charge is 0.258 e. The van der Waals surface area contributed by atoms with Crippen LogP contribution in [0.3, 0.4) is 0 Å². The molecule has 0 saturated carbocycles. The third kappa shape index (κ3) is 3.37. The zero-order valence-electron chi connectivity index (χ0n) is 17.7. The molecule has 0 saturated heterocycles. The SMILES string of the molecule is CCN1C(=O)c2cccc3c(S(=O)(=O)N[C@@H](Cc4c[nH]c5ccccc45)C(=O)[O-])ccc1c23. The van der Waals surface area contributed by atoms with E-state index in [0.717, 1.165) is 10.9 Å². The fourth-order valence-electron chi connectivity index (χ4n) is 4.51. The van der Waals surface area contributed by atoms with Crippen molar-refractivity contribution in [3.63, 3.8) is 0 Å². The van der Waals surface area contributed by atoms with Gasteiger partial charge in [-0.3, -0.25) is 4.79 Å². The topological polar surface area (TPSA) is 122 Å². The van der Waals surface area contributed by atoms with E-state index in [9.17, 15) is 23.1 Å². The summed E-state index contributed by atoms with van der Waals surface area (Å²) >= 11 is 0. The summed E-state index contributed by atoms with van der Waals surface area (Å²) in [6.07, 6.45) is 1.58. The minimum absolute atomic E-state index is 0.0842. The van der Waals surface area contributed by atoms with E-state index in [1.54, 1.807) is 35.4 Å². The Morgan fingerprint density at radius 3 is 2.61 bits per heavy atom. The van der Waals surface area contributed by atoms with Crippen LogP contribution in [0.15, 0.2) is 65.7 Å². The number of benzene rings is 3.